The fourth-order valence-corrected chi connectivity index (χ4v) is 3.77. The molecule has 0 bridgehead atoms. The topological polar surface area (TPSA) is 55.4 Å². The van der Waals surface area contributed by atoms with Gasteiger partial charge in [-0.1, -0.05) is 25.7 Å². The predicted octanol–water partition coefficient (Wildman–Crippen LogP) is 2.66. The standard InChI is InChI=1S/C16H27NO3/c1-3-20-16(19)11(2)17-15(18)14-9-8-12-6-4-5-7-13(12)10-14/h11-14H,3-10H2,1-2H3,(H,17,18). The zero-order valence-electron chi connectivity index (χ0n) is 12.7. The third-order valence-electron chi connectivity index (χ3n) is 4.91. The Morgan fingerprint density at radius 3 is 2.55 bits per heavy atom. The van der Waals surface area contributed by atoms with E-state index in [-0.39, 0.29) is 17.8 Å². The highest BCUT2D eigenvalue weighted by atomic mass is 16.5. The maximum atomic E-state index is 12.3. The lowest BCUT2D eigenvalue weighted by molar-refractivity contribution is -0.147. The molecule has 0 aromatic heterocycles. The summed E-state index contributed by atoms with van der Waals surface area (Å²) in [5.41, 5.74) is 0. The third-order valence-corrected chi connectivity index (χ3v) is 4.91. The van der Waals surface area contributed by atoms with Gasteiger partial charge in [-0.2, -0.15) is 0 Å². The minimum atomic E-state index is -0.536. The number of ether oxygens (including phenoxy) is 1. The summed E-state index contributed by atoms with van der Waals surface area (Å²) in [6.07, 6.45) is 8.46. The Morgan fingerprint density at radius 2 is 1.85 bits per heavy atom. The van der Waals surface area contributed by atoms with E-state index in [4.69, 9.17) is 4.74 Å². The van der Waals surface area contributed by atoms with Gasteiger partial charge >= 0.3 is 5.97 Å². The fourth-order valence-electron chi connectivity index (χ4n) is 3.77. The number of esters is 1. The Morgan fingerprint density at radius 1 is 1.15 bits per heavy atom. The Kier molecular flexibility index (Phi) is 5.44. The molecule has 4 unspecified atom stereocenters. The lowest BCUT2D eigenvalue weighted by atomic mass is 9.67. The Hall–Kier alpha value is -1.06. The van der Waals surface area contributed by atoms with E-state index in [2.05, 4.69) is 5.32 Å². The second-order valence-corrected chi connectivity index (χ2v) is 6.30. The summed E-state index contributed by atoms with van der Waals surface area (Å²) < 4.78 is 4.92. The first-order chi connectivity index (χ1) is 9.61. The van der Waals surface area contributed by atoms with Gasteiger partial charge in [-0.3, -0.25) is 4.79 Å². The number of fused-ring (bicyclic) bond motifs is 1. The summed E-state index contributed by atoms with van der Waals surface area (Å²) in [5.74, 6) is 1.36. The highest BCUT2D eigenvalue weighted by Gasteiger charge is 2.35. The van der Waals surface area contributed by atoms with Crippen LogP contribution in [0.5, 0.6) is 0 Å². The molecule has 2 rings (SSSR count). The molecule has 1 N–H and O–H groups in total. The van der Waals surface area contributed by atoms with E-state index in [0.717, 1.165) is 24.7 Å². The smallest absolute Gasteiger partial charge is 0.328 e. The van der Waals surface area contributed by atoms with Crippen molar-refractivity contribution in [2.45, 2.75) is 64.8 Å². The van der Waals surface area contributed by atoms with Gasteiger partial charge in [0.15, 0.2) is 0 Å². The summed E-state index contributed by atoms with van der Waals surface area (Å²) in [4.78, 5) is 23.8. The summed E-state index contributed by atoms with van der Waals surface area (Å²) in [7, 11) is 0. The van der Waals surface area contributed by atoms with Crippen LogP contribution in [-0.2, 0) is 14.3 Å². The largest absolute Gasteiger partial charge is 0.464 e. The molecule has 2 aliphatic carbocycles. The normalized spacial score (nSPS) is 31.0. The van der Waals surface area contributed by atoms with Gasteiger partial charge in [0.25, 0.3) is 0 Å². The molecule has 4 nitrogen and oxygen atoms in total. The quantitative estimate of drug-likeness (QED) is 0.806. The van der Waals surface area contributed by atoms with Gasteiger partial charge < -0.3 is 10.1 Å². The van der Waals surface area contributed by atoms with Gasteiger partial charge in [0.05, 0.1) is 6.61 Å². The number of carbonyl (C=O) groups excluding carboxylic acids is 2. The van der Waals surface area contributed by atoms with E-state index in [9.17, 15) is 9.59 Å². The first kappa shape index (κ1) is 15.3. The van der Waals surface area contributed by atoms with Gasteiger partial charge in [0, 0.05) is 5.92 Å². The molecule has 20 heavy (non-hydrogen) atoms. The molecule has 2 saturated carbocycles. The molecule has 0 heterocycles. The minimum absolute atomic E-state index is 0.0366. The zero-order chi connectivity index (χ0) is 14.5. The summed E-state index contributed by atoms with van der Waals surface area (Å²) in [5, 5.41) is 2.82. The molecule has 114 valence electrons. The molecule has 2 fully saturated rings. The van der Waals surface area contributed by atoms with Crippen LogP contribution >= 0.6 is 0 Å². The van der Waals surface area contributed by atoms with E-state index >= 15 is 0 Å². The lowest BCUT2D eigenvalue weighted by Crippen LogP contribution is -2.44. The molecular formula is C16H27NO3. The molecule has 2 aliphatic rings. The highest BCUT2D eigenvalue weighted by Crippen LogP contribution is 2.42. The van der Waals surface area contributed by atoms with E-state index in [1.165, 1.54) is 32.1 Å². The molecular weight excluding hydrogens is 254 g/mol. The Balaban J connectivity index is 1.82. The van der Waals surface area contributed by atoms with Crippen molar-refractivity contribution >= 4 is 11.9 Å². The van der Waals surface area contributed by atoms with Crippen molar-refractivity contribution in [3.8, 4) is 0 Å². The van der Waals surface area contributed by atoms with Gasteiger partial charge in [-0.05, 0) is 44.9 Å². The summed E-state index contributed by atoms with van der Waals surface area (Å²) >= 11 is 0. The summed E-state index contributed by atoms with van der Waals surface area (Å²) in [6, 6.07) is -0.536. The third kappa shape index (κ3) is 3.74. The van der Waals surface area contributed by atoms with Crippen LogP contribution in [0.4, 0.5) is 0 Å². The Labute approximate surface area is 121 Å². The molecule has 0 radical (unpaired) electrons. The van der Waals surface area contributed by atoms with Crippen LogP contribution in [0.25, 0.3) is 0 Å². The number of nitrogens with one attached hydrogen (secondary N) is 1. The van der Waals surface area contributed by atoms with Gasteiger partial charge in [-0.15, -0.1) is 0 Å². The van der Waals surface area contributed by atoms with Crippen molar-refractivity contribution in [2.24, 2.45) is 17.8 Å². The molecule has 0 saturated heterocycles. The maximum absolute atomic E-state index is 12.3. The van der Waals surface area contributed by atoms with Crippen LogP contribution in [0.3, 0.4) is 0 Å². The lowest BCUT2D eigenvalue weighted by Gasteiger charge is -2.38. The highest BCUT2D eigenvalue weighted by molar-refractivity contribution is 5.85. The van der Waals surface area contributed by atoms with Crippen LogP contribution in [0.2, 0.25) is 0 Å². The number of hydrogen-bond donors (Lipinski definition) is 1. The van der Waals surface area contributed by atoms with Crippen LogP contribution in [0.1, 0.15) is 58.8 Å². The Bertz CT molecular complexity index is 356. The monoisotopic (exact) mass is 281 g/mol. The van der Waals surface area contributed by atoms with Crippen molar-refractivity contribution in [2.75, 3.05) is 6.61 Å². The SMILES string of the molecule is CCOC(=O)C(C)NC(=O)C1CCC2CCCCC2C1. The van der Waals surface area contributed by atoms with E-state index in [0.29, 0.717) is 6.61 Å². The fraction of sp³-hybridized carbons (Fsp3) is 0.875. The van der Waals surface area contributed by atoms with Crippen LogP contribution < -0.4 is 5.32 Å². The first-order valence-corrected chi connectivity index (χ1v) is 8.08. The van der Waals surface area contributed by atoms with Crippen molar-refractivity contribution in [1.82, 2.24) is 5.32 Å². The second kappa shape index (κ2) is 7.09. The number of amides is 1. The molecule has 4 heteroatoms. The van der Waals surface area contributed by atoms with Crippen LogP contribution in [0.15, 0.2) is 0 Å². The summed E-state index contributed by atoms with van der Waals surface area (Å²) in [6.45, 7) is 3.82. The number of carbonyl (C=O) groups is 2. The first-order valence-electron chi connectivity index (χ1n) is 8.08. The molecule has 4 atom stereocenters. The average molecular weight is 281 g/mol. The molecule has 0 spiro atoms. The van der Waals surface area contributed by atoms with Crippen molar-refractivity contribution in [1.29, 1.82) is 0 Å². The molecule has 0 aliphatic heterocycles. The van der Waals surface area contributed by atoms with Gasteiger partial charge in [0.2, 0.25) is 5.91 Å². The molecule has 0 aromatic rings. The van der Waals surface area contributed by atoms with E-state index in [1.807, 2.05) is 0 Å². The minimum Gasteiger partial charge on any atom is -0.464 e. The van der Waals surface area contributed by atoms with Crippen molar-refractivity contribution in [3.63, 3.8) is 0 Å². The van der Waals surface area contributed by atoms with Crippen LogP contribution in [0, 0.1) is 17.8 Å². The second-order valence-electron chi connectivity index (χ2n) is 6.30. The predicted molar refractivity (Wildman–Crippen MR) is 77.0 cm³/mol. The van der Waals surface area contributed by atoms with Crippen molar-refractivity contribution in [3.05, 3.63) is 0 Å². The van der Waals surface area contributed by atoms with Crippen molar-refractivity contribution < 1.29 is 14.3 Å². The average Bonchev–Trinajstić information content (AvgIpc) is 2.46. The van der Waals surface area contributed by atoms with E-state index in [1.54, 1.807) is 13.8 Å². The molecule has 0 aromatic carbocycles. The molecule has 1 amide bonds. The van der Waals surface area contributed by atoms with Crippen LogP contribution in [-0.4, -0.2) is 24.5 Å². The number of hydrogen-bond acceptors (Lipinski definition) is 3. The van der Waals surface area contributed by atoms with Gasteiger partial charge in [0.1, 0.15) is 6.04 Å². The number of rotatable bonds is 4. The maximum Gasteiger partial charge on any atom is 0.328 e. The van der Waals surface area contributed by atoms with E-state index < -0.39 is 6.04 Å². The van der Waals surface area contributed by atoms with Gasteiger partial charge in [-0.25, -0.2) is 4.79 Å². The zero-order valence-corrected chi connectivity index (χ0v) is 12.7.